The number of unbranched alkanes of at least 4 members (excludes halogenated alkanes) is 5. The van der Waals surface area contributed by atoms with Crippen LogP contribution in [0.2, 0.25) is 0 Å². The number of rotatable bonds is 17. The maximum absolute atomic E-state index is 13.2. The number of aryl methyl sites for hydroxylation is 1. The van der Waals surface area contributed by atoms with Crippen molar-refractivity contribution in [3.8, 4) is 5.75 Å². The van der Waals surface area contributed by atoms with Gasteiger partial charge in [-0.15, -0.1) is 0 Å². The van der Waals surface area contributed by atoms with Gasteiger partial charge in [-0.1, -0.05) is 56.7 Å². The average Bonchev–Trinajstić information content (AvgIpc) is 3.07. The number of aromatic nitrogens is 1. The number of nitrogens with zero attached hydrogens (tertiary/aromatic N) is 2. The number of anilines is 1. The molecule has 1 aromatic heterocycles. The molecule has 244 valence electrons. The van der Waals surface area contributed by atoms with Crippen molar-refractivity contribution in [1.29, 1.82) is 0 Å². The first-order valence-electron chi connectivity index (χ1n) is 16.9. The van der Waals surface area contributed by atoms with E-state index in [0.29, 0.717) is 42.8 Å². The van der Waals surface area contributed by atoms with Crippen LogP contribution in [0.5, 0.6) is 5.75 Å². The van der Waals surface area contributed by atoms with Gasteiger partial charge in [-0.2, -0.15) is 0 Å². The van der Waals surface area contributed by atoms with Crippen LogP contribution in [0.4, 0.5) is 5.69 Å². The van der Waals surface area contributed by atoms with Crippen molar-refractivity contribution in [3.05, 3.63) is 112 Å². The Morgan fingerprint density at radius 1 is 0.783 bits per heavy atom. The van der Waals surface area contributed by atoms with Crippen LogP contribution in [0.1, 0.15) is 105 Å². The number of ketones is 1. The highest BCUT2D eigenvalue weighted by Crippen LogP contribution is 2.33. The largest absolute Gasteiger partial charge is 0.487 e. The van der Waals surface area contributed by atoms with Gasteiger partial charge in [-0.3, -0.25) is 4.79 Å². The van der Waals surface area contributed by atoms with E-state index in [1.165, 1.54) is 44.1 Å². The minimum atomic E-state index is -0.323. The summed E-state index contributed by atoms with van der Waals surface area (Å²) >= 11 is 0. The van der Waals surface area contributed by atoms with Crippen LogP contribution in [-0.4, -0.2) is 32.5 Å². The molecule has 0 unspecified atom stereocenters. The van der Waals surface area contributed by atoms with E-state index in [9.17, 15) is 9.59 Å². The predicted molar refractivity (Wildman–Crippen MR) is 185 cm³/mol. The molecule has 0 atom stereocenters. The number of allylic oxidation sites excluding steroid dienone is 4. The Morgan fingerprint density at radius 3 is 2.11 bits per heavy atom. The smallest absolute Gasteiger partial charge is 0.343 e. The highest BCUT2D eigenvalue weighted by Gasteiger charge is 2.22. The van der Waals surface area contributed by atoms with E-state index in [2.05, 4.69) is 28.5 Å². The summed E-state index contributed by atoms with van der Waals surface area (Å²) in [4.78, 5) is 28.2. The van der Waals surface area contributed by atoms with Crippen molar-refractivity contribution >= 4 is 17.4 Å². The summed E-state index contributed by atoms with van der Waals surface area (Å²) in [7, 11) is 4.05. The molecule has 0 amide bonds. The zero-order valence-electron chi connectivity index (χ0n) is 28.4. The molecule has 0 saturated carbocycles. The Hall–Kier alpha value is -4.19. The summed E-state index contributed by atoms with van der Waals surface area (Å²) in [5, 5.41) is 0. The molecule has 6 heteroatoms. The van der Waals surface area contributed by atoms with Crippen LogP contribution in [-0.2, 0) is 17.7 Å². The van der Waals surface area contributed by atoms with Crippen LogP contribution in [0.3, 0.4) is 0 Å². The first kappa shape index (κ1) is 34.7. The van der Waals surface area contributed by atoms with Crippen molar-refractivity contribution in [2.75, 3.05) is 25.6 Å². The van der Waals surface area contributed by atoms with Gasteiger partial charge in [0.15, 0.2) is 24.7 Å². The van der Waals surface area contributed by atoms with Crippen molar-refractivity contribution in [2.45, 2.75) is 91.5 Å². The van der Waals surface area contributed by atoms with E-state index in [1.54, 1.807) is 0 Å². The lowest BCUT2D eigenvalue weighted by Gasteiger charge is -2.22. The minimum absolute atomic E-state index is 0.0757. The fourth-order valence-corrected chi connectivity index (χ4v) is 5.75. The number of carbonyl (C=O) groups is 2. The van der Waals surface area contributed by atoms with E-state index in [4.69, 9.17) is 9.47 Å². The average molecular weight is 624 g/mol. The normalized spacial score (nSPS) is 13.2. The van der Waals surface area contributed by atoms with Gasteiger partial charge in [0.2, 0.25) is 0 Å². The molecule has 46 heavy (non-hydrogen) atoms. The third kappa shape index (κ3) is 10.2. The van der Waals surface area contributed by atoms with Crippen LogP contribution in [0.15, 0.2) is 95.5 Å². The summed E-state index contributed by atoms with van der Waals surface area (Å²) in [5.74, 6) is 1.19. The minimum Gasteiger partial charge on any atom is -0.487 e. The number of hydrogen-bond donors (Lipinski definition) is 0. The summed E-state index contributed by atoms with van der Waals surface area (Å²) in [6, 6.07) is 19.4. The Bertz CT molecular complexity index is 1500. The monoisotopic (exact) mass is 623 g/mol. The lowest BCUT2D eigenvalue weighted by Crippen LogP contribution is -2.35. The van der Waals surface area contributed by atoms with Gasteiger partial charge < -0.3 is 14.4 Å². The lowest BCUT2D eigenvalue weighted by molar-refractivity contribution is -0.697. The second-order valence-corrected chi connectivity index (χ2v) is 12.5. The second-order valence-electron chi connectivity index (χ2n) is 12.5. The maximum atomic E-state index is 13.2. The third-order valence-corrected chi connectivity index (χ3v) is 8.95. The topological polar surface area (TPSA) is 59.7 Å². The molecule has 3 aromatic rings. The Morgan fingerprint density at radius 2 is 1.43 bits per heavy atom. The molecular weight excluding hydrogens is 572 g/mol. The number of carbonyl (C=O) groups excluding carboxylic acids is 2. The predicted octanol–water partition coefficient (Wildman–Crippen LogP) is 8.84. The van der Waals surface area contributed by atoms with Crippen molar-refractivity contribution in [2.24, 2.45) is 0 Å². The molecule has 1 heterocycles. The highest BCUT2D eigenvalue weighted by atomic mass is 16.5. The second kappa shape index (κ2) is 17.5. The van der Waals surface area contributed by atoms with Crippen molar-refractivity contribution in [3.63, 3.8) is 0 Å². The quantitative estimate of drug-likeness (QED) is 0.0651. The Balaban J connectivity index is 1.25. The number of ether oxygens (including phenoxy) is 2. The van der Waals surface area contributed by atoms with Gasteiger partial charge in [0.1, 0.15) is 18.1 Å². The molecule has 0 radical (unpaired) electrons. The van der Waals surface area contributed by atoms with Gasteiger partial charge in [0.25, 0.3) is 0 Å². The maximum Gasteiger partial charge on any atom is 0.343 e. The lowest BCUT2D eigenvalue weighted by atomic mass is 9.87. The van der Waals surface area contributed by atoms with Gasteiger partial charge >= 0.3 is 5.97 Å². The molecule has 0 fully saturated rings. The van der Waals surface area contributed by atoms with E-state index in [-0.39, 0.29) is 11.8 Å². The molecule has 0 saturated heterocycles. The van der Waals surface area contributed by atoms with Crippen LogP contribution >= 0.6 is 0 Å². The molecule has 1 aliphatic rings. The Kier molecular flexibility index (Phi) is 13.2. The fraction of sp³-hybridized carbons (Fsp3) is 0.425. The Labute approximate surface area is 275 Å². The molecule has 0 aliphatic heterocycles. The molecule has 1 aliphatic carbocycles. The van der Waals surface area contributed by atoms with Crippen molar-refractivity contribution in [1.82, 2.24) is 0 Å². The van der Waals surface area contributed by atoms with Crippen LogP contribution in [0, 0.1) is 0 Å². The molecule has 0 N–H and O–H groups in total. The van der Waals surface area contributed by atoms with Gasteiger partial charge in [0.05, 0.1) is 5.56 Å². The van der Waals surface area contributed by atoms with E-state index in [1.807, 2.05) is 88.9 Å². The molecule has 0 bridgehead atoms. The fourth-order valence-electron chi connectivity index (χ4n) is 5.75. The van der Waals surface area contributed by atoms with Gasteiger partial charge in [0, 0.05) is 50.3 Å². The SMILES string of the molecule is CCCCCCCCc1ccc(C(=O)OC2=C(C)C(C)=C(CC(=O)c3ccc(OCC[n+]4ccc(N(C)C)cc4)cc3)CC2)cc1. The number of hydrogen-bond acceptors (Lipinski definition) is 5. The molecule has 2 aromatic carbocycles. The molecular formula is C40H51N2O4+. The number of Topliss-reactive ketones (excluding diaryl/α,β-unsaturated/α-hetero) is 1. The van der Waals surface area contributed by atoms with Gasteiger partial charge in [-0.25, -0.2) is 9.36 Å². The summed E-state index contributed by atoms with van der Waals surface area (Å²) < 4.78 is 13.9. The van der Waals surface area contributed by atoms with Crippen molar-refractivity contribution < 1.29 is 23.6 Å². The summed E-state index contributed by atoms with van der Waals surface area (Å²) in [6.45, 7) is 7.51. The zero-order chi connectivity index (χ0) is 32.9. The summed E-state index contributed by atoms with van der Waals surface area (Å²) in [6.07, 6.45) is 14.4. The van der Waals surface area contributed by atoms with Crippen LogP contribution in [0.25, 0.3) is 0 Å². The molecule has 4 rings (SSSR count). The standard InChI is InChI=1S/C40H51N2O4/c1-6-7-8-9-10-11-12-32-13-15-34(16-14-32)40(44)46-39-22-19-35(30(2)31(39)3)29-38(43)33-17-20-37(21-18-33)45-28-27-42-25-23-36(24-26-42)41(4)5/h13-18,20-21,23-26H,6-12,19,22,27-29H2,1-5H3/q+1. The first-order valence-corrected chi connectivity index (χ1v) is 16.9. The van der Waals surface area contributed by atoms with Crippen LogP contribution < -0.4 is 14.2 Å². The number of esters is 1. The summed E-state index contributed by atoms with van der Waals surface area (Å²) in [5.41, 5.74) is 6.73. The molecule has 0 spiro atoms. The van der Waals surface area contributed by atoms with E-state index in [0.717, 1.165) is 41.1 Å². The van der Waals surface area contributed by atoms with E-state index < -0.39 is 0 Å². The van der Waals surface area contributed by atoms with E-state index >= 15 is 0 Å². The van der Waals surface area contributed by atoms with Gasteiger partial charge in [-0.05, 0) is 86.2 Å². The number of pyridine rings is 1. The highest BCUT2D eigenvalue weighted by molar-refractivity contribution is 5.98. The molecule has 6 nitrogen and oxygen atoms in total. The zero-order valence-corrected chi connectivity index (χ0v) is 28.4. The number of benzene rings is 2. The first-order chi connectivity index (χ1) is 22.2. The third-order valence-electron chi connectivity index (χ3n) is 8.95.